The topological polar surface area (TPSA) is 144 Å². The van der Waals surface area contributed by atoms with Crippen LogP contribution in [0.15, 0.2) is 108 Å². The molecular formula is C43H44N4O7. The van der Waals surface area contributed by atoms with E-state index in [-0.39, 0.29) is 48.9 Å². The highest BCUT2D eigenvalue weighted by Crippen LogP contribution is 2.39. The third-order valence-corrected chi connectivity index (χ3v) is 11.2. The maximum atomic E-state index is 13.8. The van der Waals surface area contributed by atoms with Crippen LogP contribution >= 0.6 is 0 Å². The predicted molar refractivity (Wildman–Crippen MR) is 203 cm³/mol. The van der Waals surface area contributed by atoms with Gasteiger partial charge in [0.1, 0.15) is 29.6 Å². The molecule has 9 rings (SSSR count). The maximum absolute atomic E-state index is 13.8. The van der Waals surface area contributed by atoms with E-state index in [9.17, 15) is 24.6 Å². The fourth-order valence-electron chi connectivity index (χ4n) is 8.04. The van der Waals surface area contributed by atoms with Crippen LogP contribution in [0.1, 0.15) is 51.6 Å². The molecular weight excluding hydrogens is 684 g/mol. The summed E-state index contributed by atoms with van der Waals surface area (Å²) in [5.41, 5.74) is 3.14. The number of piperidine rings is 3. The van der Waals surface area contributed by atoms with Gasteiger partial charge in [-0.1, -0.05) is 60.7 Å². The molecule has 0 saturated carbocycles. The fraction of sp³-hybridized carbons (Fsp3) is 0.326. The van der Waals surface area contributed by atoms with Crippen LogP contribution in [-0.4, -0.2) is 82.2 Å². The monoisotopic (exact) mass is 728 g/mol. The Hall–Kier alpha value is -5.49. The molecule has 4 N–H and O–H groups in total. The van der Waals surface area contributed by atoms with Gasteiger partial charge >= 0.3 is 5.97 Å². The highest BCUT2D eigenvalue weighted by Gasteiger charge is 2.54. The van der Waals surface area contributed by atoms with Crippen LogP contribution in [0.4, 0.5) is 0 Å². The van der Waals surface area contributed by atoms with Crippen molar-refractivity contribution in [1.82, 2.24) is 20.1 Å². The van der Waals surface area contributed by atoms with Crippen molar-refractivity contribution in [1.29, 1.82) is 0 Å². The number of hydrogen-bond donors (Lipinski definition) is 4. The smallest absolute Gasteiger partial charge is 0.320 e. The number of aliphatic hydroxyl groups excluding tert-OH is 1. The number of nitrogens with zero attached hydrogens (tertiary/aromatic N) is 2. The number of amides is 1. The molecule has 1 aromatic heterocycles. The largest absolute Gasteiger partial charge is 0.506 e. The number of aromatic hydroxyl groups is 1. The van der Waals surface area contributed by atoms with Gasteiger partial charge in [0.25, 0.3) is 5.91 Å². The Morgan fingerprint density at radius 2 is 1.61 bits per heavy atom. The Bertz CT molecular complexity index is 2170. The number of aliphatic hydroxyl groups is 1. The van der Waals surface area contributed by atoms with E-state index in [1.807, 2.05) is 54.6 Å². The van der Waals surface area contributed by atoms with Crippen LogP contribution in [0.3, 0.4) is 0 Å². The maximum Gasteiger partial charge on any atom is 0.320 e. The number of benzene rings is 4. The second-order valence-corrected chi connectivity index (χ2v) is 14.8. The van der Waals surface area contributed by atoms with Gasteiger partial charge < -0.3 is 34.9 Å². The molecule has 0 spiro atoms. The first kappa shape index (κ1) is 35.5. The number of ether oxygens (including phenoxy) is 2. The second kappa shape index (κ2) is 15.1. The molecule has 2 bridgehead atoms. The quantitative estimate of drug-likeness (QED) is 0.135. The number of phenols is 1. The number of rotatable bonds is 12. The zero-order valence-electron chi connectivity index (χ0n) is 29.9. The second-order valence-electron chi connectivity index (χ2n) is 14.8. The lowest BCUT2D eigenvalue weighted by Crippen LogP contribution is -2.66. The number of pyridine rings is 1. The summed E-state index contributed by atoms with van der Waals surface area (Å²) in [7, 11) is 0. The average molecular weight is 729 g/mol. The number of phenolic OH excluding ortho intramolecular Hbond substituents is 1. The van der Waals surface area contributed by atoms with E-state index in [4.69, 9.17) is 9.47 Å². The summed E-state index contributed by atoms with van der Waals surface area (Å²) in [5.74, 6) is 0.642. The van der Waals surface area contributed by atoms with Crippen molar-refractivity contribution in [2.24, 2.45) is 5.92 Å². The lowest BCUT2D eigenvalue weighted by molar-refractivity contribution is -0.171. The van der Waals surface area contributed by atoms with Crippen molar-refractivity contribution in [3.05, 3.63) is 141 Å². The van der Waals surface area contributed by atoms with E-state index in [1.54, 1.807) is 41.3 Å². The van der Waals surface area contributed by atoms with Crippen LogP contribution in [-0.2, 0) is 28.1 Å². The highest BCUT2D eigenvalue weighted by molar-refractivity contribution is 5.98. The number of carbonyl (C=O) groups is 2. The number of hydrogen-bond acceptors (Lipinski definition) is 9. The van der Waals surface area contributed by atoms with Crippen molar-refractivity contribution in [3.63, 3.8) is 0 Å². The summed E-state index contributed by atoms with van der Waals surface area (Å²) in [6.07, 6.45) is 1.19. The van der Waals surface area contributed by atoms with E-state index < -0.39 is 11.5 Å². The van der Waals surface area contributed by atoms with Gasteiger partial charge in [-0.3, -0.25) is 19.3 Å². The number of H-pyrrole nitrogens is 1. The Labute approximate surface area is 313 Å². The molecule has 4 fully saturated rings. The minimum Gasteiger partial charge on any atom is -0.506 e. The predicted octanol–water partition coefficient (Wildman–Crippen LogP) is 4.67. The molecule has 11 heteroatoms. The van der Waals surface area contributed by atoms with E-state index in [0.29, 0.717) is 46.8 Å². The SMILES string of the molecule is O=C(c1ccc(OCc2ccc(CNC[C@H](O)c3ccc(O)c4[nH]c(=O)ccc34)cc2)cc1)N1CC(C(=O)O[C@H]2CN3CCC2CC3)(c2ccccc2)C1. The van der Waals surface area contributed by atoms with Crippen molar-refractivity contribution in [3.8, 4) is 11.5 Å². The zero-order chi connectivity index (χ0) is 37.2. The van der Waals surface area contributed by atoms with Crippen LogP contribution in [0.25, 0.3) is 10.9 Å². The summed E-state index contributed by atoms with van der Waals surface area (Å²) in [6.45, 7) is 4.65. The molecule has 4 aliphatic heterocycles. The molecule has 5 aromatic rings. The van der Waals surface area contributed by atoms with Gasteiger partial charge in [-0.2, -0.15) is 0 Å². The van der Waals surface area contributed by atoms with Crippen LogP contribution in [0.2, 0.25) is 0 Å². The first-order valence-corrected chi connectivity index (χ1v) is 18.6. The number of nitrogens with one attached hydrogen (secondary N) is 2. The Balaban J connectivity index is 0.820. The van der Waals surface area contributed by atoms with Gasteiger partial charge in [0.2, 0.25) is 5.56 Å². The van der Waals surface area contributed by atoms with Gasteiger partial charge in [-0.05, 0) is 90.5 Å². The number of esters is 1. The molecule has 4 aromatic carbocycles. The van der Waals surface area contributed by atoms with Gasteiger partial charge in [0.05, 0.1) is 11.6 Å². The number of likely N-dealkylation sites (tertiary alicyclic amines) is 1. The van der Waals surface area contributed by atoms with Crippen LogP contribution < -0.4 is 15.6 Å². The number of aromatic amines is 1. The van der Waals surface area contributed by atoms with Crippen LogP contribution in [0.5, 0.6) is 11.5 Å². The van der Waals surface area contributed by atoms with Crippen molar-refractivity contribution < 1.29 is 29.3 Å². The summed E-state index contributed by atoms with van der Waals surface area (Å²) >= 11 is 0. The average Bonchev–Trinajstić information content (AvgIpc) is 3.18. The third-order valence-electron chi connectivity index (χ3n) is 11.2. The van der Waals surface area contributed by atoms with E-state index in [1.165, 1.54) is 12.1 Å². The lowest BCUT2D eigenvalue weighted by atomic mass is 9.73. The molecule has 0 radical (unpaired) electrons. The van der Waals surface area contributed by atoms with Gasteiger partial charge in [-0.15, -0.1) is 0 Å². The molecule has 4 saturated heterocycles. The Morgan fingerprint density at radius 1 is 0.889 bits per heavy atom. The van der Waals surface area contributed by atoms with Crippen LogP contribution in [0, 0.1) is 5.92 Å². The highest BCUT2D eigenvalue weighted by atomic mass is 16.5. The summed E-state index contributed by atoms with van der Waals surface area (Å²) in [4.78, 5) is 45.7. The Kier molecular flexibility index (Phi) is 9.93. The molecule has 54 heavy (non-hydrogen) atoms. The third kappa shape index (κ3) is 7.22. The number of fused-ring (bicyclic) bond motifs is 4. The lowest BCUT2D eigenvalue weighted by Gasteiger charge is -2.50. The standard InChI is InChI=1S/C43H44N4O7/c48-36-16-14-34(35-15-17-39(50)45-40(35)36)37(49)23-44-22-28-6-8-29(9-7-28)25-53-33-12-10-31(11-13-33)41(51)47-26-43(27-47,32-4-2-1-3-5-32)42(52)54-38-24-46-20-18-30(38)19-21-46/h1-17,30,37-38,44,48-49H,18-27H2,(H,45,50)/t37-,38-/m0/s1. The van der Waals surface area contributed by atoms with Gasteiger partial charge in [-0.25, -0.2) is 0 Å². The molecule has 4 aliphatic rings. The van der Waals surface area contributed by atoms with Crippen molar-refractivity contribution in [2.75, 3.05) is 39.3 Å². The molecule has 11 nitrogen and oxygen atoms in total. The molecule has 2 atom stereocenters. The Morgan fingerprint density at radius 3 is 2.31 bits per heavy atom. The van der Waals surface area contributed by atoms with E-state index in [0.717, 1.165) is 49.2 Å². The fourth-order valence-corrected chi connectivity index (χ4v) is 8.04. The van der Waals surface area contributed by atoms with E-state index >= 15 is 0 Å². The normalized spacial score (nSPS) is 20.6. The zero-order valence-corrected chi connectivity index (χ0v) is 29.9. The van der Waals surface area contributed by atoms with Gasteiger partial charge in [0.15, 0.2) is 0 Å². The summed E-state index contributed by atoms with van der Waals surface area (Å²) in [6, 6.07) is 30.8. The molecule has 1 amide bonds. The van der Waals surface area contributed by atoms with Crippen molar-refractivity contribution in [2.45, 2.75) is 43.6 Å². The van der Waals surface area contributed by atoms with Crippen molar-refractivity contribution >= 4 is 22.8 Å². The molecule has 5 heterocycles. The number of carbonyl (C=O) groups excluding carboxylic acids is 2. The number of aromatic nitrogens is 1. The first-order valence-electron chi connectivity index (χ1n) is 18.6. The molecule has 0 aliphatic carbocycles. The molecule has 0 unspecified atom stereocenters. The molecule has 278 valence electrons. The summed E-state index contributed by atoms with van der Waals surface area (Å²) in [5, 5.41) is 24.8. The minimum absolute atomic E-state index is 0.0454. The first-order chi connectivity index (χ1) is 26.3. The minimum atomic E-state index is -0.870. The van der Waals surface area contributed by atoms with Gasteiger partial charge in [0, 0.05) is 49.7 Å². The summed E-state index contributed by atoms with van der Waals surface area (Å²) < 4.78 is 12.2. The van der Waals surface area contributed by atoms with E-state index in [2.05, 4.69) is 15.2 Å².